The maximum atomic E-state index is 11.5. The molecule has 6 heteroatoms. The Bertz CT molecular complexity index is 397. The molecular weight excluding hydrogens is 240 g/mol. The van der Waals surface area contributed by atoms with Crippen molar-refractivity contribution in [2.75, 3.05) is 13.2 Å². The second-order valence-electron chi connectivity index (χ2n) is 4.51. The van der Waals surface area contributed by atoms with Crippen LogP contribution in [-0.4, -0.2) is 42.3 Å². The minimum atomic E-state index is -0.876. The van der Waals surface area contributed by atoms with Gasteiger partial charge in [0.25, 0.3) is 0 Å². The lowest BCUT2D eigenvalue weighted by Gasteiger charge is -2.19. The Balaban J connectivity index is 2.10. The van der Waals surface area contributed by atoms with E-state index in [2.05, 4.69) is 6.58 Å². The van der Waals surface area contributed by atoms with Gasteiger partial charge in [-0.25, -0.2) is 4.79 Å². The maximum Gasteiger partial charge on any atom is 0.378 e. The van der Waals surface area contributed by atoms with Crippen molar-refractivity contribution in [2.24, 2.45) is 0 Å². The quantitative estimate of drug-likeness (QED) is 0.598. The SMILES string of the molecule is C=CCOC1=C(O)[C@@H]([C@@H]2COC(C)(C)O2)OC1=O. The third kappa shape index (κ3) is 2.34. The molecule has 2 heterocycles. The van der Waals surface area contributed by atoms with E-state index in [0.717, 1.165) is 0 Å². The van der Waals surface area contributed by atoms with Gasteiger partial charge in [-0.05, 0) is 13.8 Å². The molecule has 18 heavy (non-hydrogen) atoms. The molecule has 2 aliphatic rings. The van der Waals surface area contributed by atoms with Gasteiger partial charge in [-0.3, -0.25) is 0 Å². The van der Waals surface area contributed by atoms with E-state index in [1.807, 2.05) is 0 Å². The molecule has 0 radical (unpaired) electrons. The van der Waals surface area contributed by atoms with Gasteiger partial charge in [0.05, 0.1) is 6.61 Å². The first-order chi connectivity index (χ1) is 8.44. The Labute approximate surface area is 105 Å². The first-order valence-electron chi connectivity index (χ1n) is 5.64. The Morgan fingerprint density at radius 1 is 1.61 bits per heavy atom. The van der Waals surface area contributed by atoms with E-state index >= 15 is 0 Å². The van der Waals surface area contributed by atoms with Crippen molar-refractivity contribution in [1.82, 2.24) is 0 Å². The fourth-order valence-electron chi connectivity index (χ4n) is 1.85. The van der Waals surface area contributed by atoms with Gasteiger partial charge in [0.2, 0.25) is 5.76 Å². The fraction of sp³-hybridized carbons (Fsp3) is 0.583. The normalized spacial score (nSPS) is 30.4. The highest BCUT2D eigenvalue weighted by Crippen LogP contribution is 2.32. The summed E-state index contributed by atoms with van der Waals surface area (Å²) in [5.74, 6) is -1.89. The number of carbonyl (C=O) groups excluding carboxylic acids is 1. The summed E-state index contributed by atoms with van der Waals surface area (Å²) in [7, 11) is 0. The first-order valence-corrected chi connectivity index (χ1v) is 5.64. The summed E-state index contributed by atoms with van der Waals surface area (Å²) >= 11 is 0. The maximum absolute atomic E-state index is 11.5. The Hall–Kier alpha value is -1.53. The summed E-state index contributed by atoms with van der Waals surface area (Å²) in [4.78, 5) is 11.5. The minimum Gasteiger partial charge on any atom is -0.505 e. The molecule has 1 saturated heterocycles. The van der Waals surface area contributed by atoms with Crippen LogP contribution in [-0.2, 0) is 23.7 Å². The monoisotopic (exact) mass is 256 g/mol. The van der Waals surface area contributed by atoms with Gasteiger partial charge in [0, 0.05) is 0 Å². The molecule has 1 N–H and O–H groups in total. The molecule has 0 unspecified atom stereocenters. The zero-order chi connectivity index (χ0) is 13.3. The molecule has 0 aromatic rings. The van der Waals surface area contributed by atoms with E-state index in [1.54, 1.807) is 13.8 Å². The van der Waals surface area contributed by atoms with Crippen molar-refractivity contribution in [3.05, 3.63) is 24.2 Å². The second kappa shape index (κ2) is 4.62. The molecule has 0 aliphatic carbocycles. The predicted molar refractivity (Wildman–Crippen MR) is 60.6 cm³/mol. The number of hydrogen-bond donors (Lipinski definition) is 1. The van der Waals surface area contributed by atoms with Crippen LogP contribution in [0.25, 0.3) is 0 Å². The van der Waals surface area contributed by atoms with Crippen LogP contribution in [0.15, 0.2) is 24.2 Å². The number of cyclic esters (lactones) is 1. The van der Waals surface area contributed by atoms with Gasteiger partial charge in [-0.15, -0.1) is 0 Å². The second-order valence-corrected chi connectivity index (χ2v) is 4.51. The topological polar surface area (TPSA) is 74.2 Å². The average Bonchev–Trinajstić information content (AvgIpc) is 2.78. The van der Waals surface area contributed by atoms with Gasteiger partial charge in [0.1, 0.15) is 12.7 Å². The molecular formula is C12H16O6. The van der Waals surface area contributed by atoms with Crippen molar-refractivity contribution in [3.63, 3.8) is 0 Å². The van der Waals surface area contributed by atoms with Gasteiger partial charge in [-0.1, -0.05) is 12.7 Å². The molecule has 0 bridgehead atoms. The first kappa shape index (κ1) is 12.9. The van der Waals surface area contributed by atoms with E-state index in [1.165, 1.54) is 6.08 Å². The number of carbonyl (C=O) groups is 1. The van der Waals surface area contributed by atoms with E-state index < -0.39 is 24.0 Å². The molecule has 0 amide bonds. The zero-order valence-electron chi connectivity index (χ0n) is 10.3. The van der Waals surface area contributed by atoms with Crippen molar-refractivity contribution in [2.45, 2.75) is 31.8 Å². The summed E-state index contributed by atoms with van der Waals surface area (Å²) < 4.78 is 21.0. The molecule has 1 fully saturated rings. The largest absolute Gasteiger partial charge is 0.505 e. The summed E-state index contributed by atoms with van der Waals surface area (Å²) in [5, 5.41) is 9.92. The molecule has 0 spiro atoms. The van der Waals surface area contributed by atoms with E-state index in [4.69, 9.17) is 18.9 Å². The number of ether oxygens (including phenoxy) is 4. The van der Waals surface area contributed by atoms with Crippen LogP contribution >= 0.6 is 0 Å². The molecule has 2 rings (SSSR count). The zero-order valence-corrected chi connectivity index (χ0v) is 10.3. The molecule has 2 aliphatic heterocycles. The van der Waals surface area contributed by atoms with Gasteiger partial charge in [-0.2, -0.15) is 0 Å². The summed E-state index contributed by atoms with van der Waals surface area (Å²) in [6.07, 6.45) is 0.0620. The lowest BCUT2D eigenvalue weighted by Crippen LogP contribution is -2.32. The van der Waals surface area contributed by atoms with E-state index in [0.29, 0.717) is 0 Å². The molecule has 0 saturated carbocycles. The number of aliphatic hydroxyl groups is 1. The highest BCUT2D eigenvalue weighted by molar-refractivity contribution is 5.89. The Morgan fingerprint density at radius 3 is 2.89 bits per heavy atom. The standard InChI is InChI=1S/C12H16O6/c1-4-5-15-10-8(13)9(17-11(10)14)7-6-16-12(2,3)18-7/h4,7,9,13H,1,5-6H2,2-3H3/t7-,9+/m0/s1. The lowest BCUT2D eigenvalue weighted by atomic mass is 10.2. The summed E-state index contributed by atoms with van der Waals surface area (Å²) in [5.41, 5.74) is 0. The number of aliphatic hydroxyl groups excluding tert-OH is 1. The van der Waals surface area contributed by atoms with E-state index in [9.17, 15) is 9.90 Å². The van der Waals surface area contributed by atoms with E-state index in [-0.39, 0.29) is 24.7 Å². The van der Waals surface area contributed by atoms with Crippen molar-refractivity contribution >= 4 is 5.97 Å². The van der Waals surface area contributed by atoms with Crippen LogP contribution in [0.2, 0.25) is 0 Å². The van der Waals surface area contributed by atoms with Crippen LogP contribution in [0.3, 0.4) is 0 Å². The number of rotatable bonds is 4. The number of esters is 1. The van der Waals surface area contributed by atoms with Crippen molar-refractivity contribution < 1.29 is 28.8 Å². The molecule has 6 nitrogen and oxygen atoms in total. The fourth-order valence-corrected chi connectivity index (χ4v) is 1.85. The number of hydrogen-bond acceptors (Lipinski definition) is 6. The third-order valence-electron chi connectivity index (χ3n) is 2.64. The van der Waals surface area contributed by atoms with Crippen molar-refractivity contribution in [3.8, 4) is 0 Å². The summed E-state index contributed by atoms with van der Waals surface area (Å²) in [6.45, 7) is 7.32. The molecule has 0 aromatic carbocycles. The van der Waals surface area contributed by atoms with Crippen molar-refractivity contribution in [1.29, 1.82) is 0 Å². The minimum absolute atomic E-state index is 0.120. The smallest absolute Gasteiger partial charge is 0.378 e. The average molecular weight is 256 g/mol. The van der Waals surface area contributed by atoms with Crippen LogP contribution in [0.1, 0.15) is 13.8 Å². The molecule has 100 valence electrons. The van der Waals surface area contributed by atoms with Gasteiger partial charge >= 0.3 is 5.97 Å². The van der Waals surface area contributed by atoms with Crippen LogP contribution in [0.5, 0.6) is 0 Å². The van der Waals surface area contributed by atoms with Gasteiger partial charge in [0.15, 0.2) is 17.7 Å². The Morgan fingerprint density at radius 2 is 2.33 bits per heavy atom. The third-order valence-corrected chi connectivity index (χ3v) is 2.64. The molecule has 2 atom stereocenters. The lowest BCUT2D eigenvalue weighted by molar-refractivity contribution is -0.163. The van der Waals surface area contributed by atoms with Crippen LogP contribution in [0, 0.1) is 0 Å². The molecule has 0 aromatic heterocycles. The van der Waals surface area contributed by atoms with Crippen LogP contribution < -0.4 is 0 Å². The highest BCUT2D eigenvalue weighted by atomic mass is 16.8. The predicted octanol–water partition coefficient (Wildman–Crippen LogP) is 1.04. The van der Waals surface area contributed by atoms with Gasteiger partial charge < -0.3 is 24.1 Å². The highest BCUT2D eigenvalue weighted by Gasteiger charge is 2.47. The van der Waals surface area contributed by atoms with Crippen LogP contribution in [0.4, 0.5) is 0 Å². The summed E-state index contributed by atoms with van der Waals surface area (Å²) in [6, 6.07) is 0. The Kier molecular flexibility index (Phi) is 3.32.